The van der Waals surface area contributed by atoms with Crippen LogP contribution in [0, 0.1) is 0 Å². The van der Waals surface area contributed by atoms with Gasteiger partial charge in [-0.2, -0.15) is 52.7 Å². The summed E-state index contributed by atoms with van der Waals surface area (Å²) in [5.41, 5.74) is -4.26. The van der Waals surface area contributed by atoms with E-state index >= 15 is 0 Å². The summed E-state index contributed by atoms with van der Waals surface area (Å²) in [6, 6.07) is 28.4. The smallest absolute Gasteiger partial charge is 0.376 e. The number of benzene rings is 5. The molecule has 0 spiro atoms. The number of aliphatic hydroxyl groups excluding tert-OH is 1. The van der Waals surface area contributed by atoms with Gasteiger partial charge < -0.3 is 15.2 Å². The van der Waals surface area contributed by atoms with E-state index in [0.717, 1.165) is 89.5 Å². The number of nitrogens with one attached hydrogen (secondary N) is 1. The molecule has 75 heavy (non-hydrogen) atoms. The fourth-order valence-corrected chi connectivity index (χ4v) is 8.15. The fraction of sp³-hybridized carbons (Fsp3) is 0.170. The zero-order valence-corrected chi connectivity index (χ0v) is 38.4. The van der Waals surface area contributed by atoms with Crippen LogP contribution >= 0.6 is 0 Å². The number of hydrogen-bond acceptors (Lipinski definition) is 10. The summed E-state index contributed by atoms with van der Waals surface area (Å²) >= 11 is 0. The molecule has 0 radical (unpaired) electrons. The first-order valence-corrected chi connectivity index (χ1v) is 22.5. The molecular weight excluding hydrogens is 1010 g/mol. The van der Waals surface area contributed by atoms with Gasteiger partial charge in [0.2, 0.25) is 0 Å². The largest absolute Gasteiger partial charge is 0.418 e. The van der Waals surface area contributed by atoms with Crippen LogP contribution in [0.15, 0.2) is 152 Å². The zero-order chi connectivity index (χ0) is 53.3. The molecule has 0 aliphatic rings. The highest BCUT2D eigenvalue weighted by molar-refractivity contribution is 5.95. The van der Waals surface area contributed by atoms with Crippen LogP contribution in [0.3, 0.4) is 0 Å². The van der Waals surface area contributed by atoms with Gasteiger partial charge in [-0.25, -0.2) is 19.9 Å². The summed E-state index contributed by atoms with van der Waals surface area (Å²) in [5, 5.41) is 15.7. The lowest BCUT2D eigenvalue weighted by molar-refractivity contribution is -0.138. The maximum atomic E-state index is 14.3. The quantitative estimate of drug-likeness (QED) is 0.0618. The second-order valence-corrected chi connectivity index (χ2v) is 16.8. The molecule has 22 heteroatoms. The lowest BCUT2D eigenvalue weighted by Crippen LogP contribution is -2.34. The molecule has 0 amide bonds. The molecule has 1 unspecified atom stereocenters. The topological polar surface area (TPSA) is 122 Å². The third kappa shape index (κ3) is 11.8. The van der Waals surface area contributed by atoms with E-state index < -0.39 is 71.0 Å². The number of alkyl halides is 12. The molecular formula is C53H36F12N8O2. The van der Waals surface area contributed by atoms with Crippen molar-refractivity contribution in [2.24, 2.45) is 0 Å². The van der Waals surface area contributed by atoms with Crippen LogP contribution in [0.4, 0.5) is 75.7 Å². The van der Waals surface area contributed by atoms with E-state index in [1.54, 1.807) is 0 Å². The van der Waals surface area contributed by atoms with E-state index in [0.29, 0.717) is 0 Å². The number of anilines is 4. The molecule has 9 rings (SSSR count). The van der Waals surface area contributed by atoms with Crippen molar-refractivity contribution in [1.29, 1.82) is 0 Å². The molecule has 0 saturated carbocycles. The molecule has 9 aromatic rings. The Balaban J connectivity index is 1.18. The SMILES string of the molecule is OC(Cc1nc(Nc2ccc(C(F)(F)F)cc2)c2ccc(-c3ncccc3C(F)(F)F)cc2n1)N(c1ccc(C(F)(F)F)cc1)c1nc(CCOCc2ccccc2)nc2cc(-c3ncccc3C(F)(F)F)ccc12. The van der Waals surface area contributed by atoms with Crippen LogP contribution in [0.5, 0.6) is 0 Å². The van der Waals surface area contributed by atoms with Gasteiger partial charge in [-0.1, -0.05) is 42.5 Å². The molecule has 0 aliphatic carbocycles. The van der Waals surface area contributed by atoms with Crippen molar-refractivity contribution in [2.75, 3.05) is 16.8 Å². The maximum absolute atomic E-state index is 14.3. The first kappa shape index (κ1) is 51.7. The van der Waals surface area contributed by atoms with Gasteiger partial charge in [-0.3, -0.25) is 14.9 Å². The van der Waals surface area contributed by atoms with Crippen molar-refractivity contribution < 1.29 is 62.5 Å². The third-order valence-electron chi connectivity index (χ3n) is 11.7. The molecule has 5 aromatic carbocycles. The zero-order valence-electron chi connectivity index (χ0n) is 38.4. The highest BCUT2D eigenvalue weighted by Gasteiger charge is 2.37. The average Bonchev–Trinajstić information content (AvgIpc) is 3.37. The van der Waals surface area contributed by atoms with Crippen molar-refractivity contribution in [3.8, 4) is 22.5 Å². The van der Waals surface area contributed by atoms with Crippen molar-refractivity contribution in [3.63, 3.8) is 0 Å². The molecule has 0 saturated heterocycles. The summed E-state index contributed by atoms with van der Waals surface area (Å²) in [6.07, 6.45) is -19.3. The minimum atomic E-state index is -4.83. The lowest BCUT2D eigenvalue weighted by atomic mass is 10.0. The van der Waals surface area contributed by atoms with Crippen molar-refractivity contribution >= 4 is 44.8 Å². The molecule has 0 aliphatic heterocycles. The van der Waals surface area contributed by atoms with E-state index in [1.165, 1.54) is 42.6 Å². The number of nitrogens with zero attached hydrogens (tertiary/aromatic N) is 7. The molecule has 4 aromatic heterocycles. The number of ether oxygens (including phenoxy) is 1. The molecule has 10 nitrogen and oxygen atoms in total. The van der Waals surface area contributed by atoms with Gasteiger partial charge in [-0.15, -0.1) is 0 Å². The summed E-state index contributed by atoms with van der Waals surface area (Å²) in [4.78, 5) is 27.7. The number of halogens is 12. The van der Waals surface area contributed by atoms with Crippen LogP contribution in [0.25, 0.3) is 44.3 Å². The van der Waals surface area contributed by atoms with E-state index in [2.05, 4.69) is 30.2 Å². The maximum Gasteiger partial charge on any atom is 0.418 e. The predicted molar refractivity (Wildman–Crippen MR) is 253 cm³/mol. The monoisotopic (exact) mass is 1040 g/mol. The molecule has 384 valence electrons. The predicted octanol–water partition coefficient (Wildman–Crippen LogP) is 14.0. The van der Waals surface area contributed by atoms with Crippen LogP contribution in [-0.2, 0) is 48.9 Å². The Bertz CT molecular complexity index is 3480. The first-order valence-electron chi connectivity index (χ1n) is 22.5. The normalized spacial score (nSPS) is 12.8. The Morgan fingerprint density at radius 2 is 1.07 bits per heavy atom. The second-order valence-electron chi connectivity index (χ2n) is 16.8. The van der Waals surface area contributed by atoms with E-state index in [4.69, 9.17) is 9.72 Å². The molecule has 0 fully saturated rings. The average molecular weight is 1040 g/mol. The Labute approximate surface area is 417 Å². The van der Waals surface area contributed by atoms with Gasteiger partial charge in [0.25, 0.3) is 0 Å². The van der Waals surface area contributed by atoms with Gasteiger partial charge >= 0.3 is 24.7 Å². The highest BCUT2D eigenvalue weighted by atomic mass is 19.4. The summed E-state index contributed by atoms with van der Waals surface area (Å²) in [7, 11) is 0. The Morgan fingerprint density at radius 3 is 1.63 bits per heavy atom. The number of aromatic nitrogens is 6. The molecule has 2 N–H and O–H groups in total. The minimum Gasteiger partial charge on any atom is -0.376 e. The first-order chi connectivity index (χ1) is 35.6. The highest BCUT2D eigenvalue weighted by Crippen LogP contribution is 2.41. The van der Waals surface area contributed by atoms with Crippen molar-refractivity contribution in [3.05, 3.63) is 191 Å². The minimum absolute atomic E-state index is 0.00538. The standard InChI is InChI=1S/C53H36F12N8O2/c54-50(55,56)33-12-16-35(17-13-33)68-48-37-20-10-31(46-39(52(60,61)62)8-4-23-66-46)26-41(37)70-44(71-48)28-45(74)73(36-18-14-34(15-19-36)51(57,58)59)49-38-21-11-32(47-40(53(63,64)65)9-5-24-67-47)27-42(38)69-43(72-49)22-25-75-29-30-6-2-1-3-7-30/h1-21,23-24,26-27,45,74H,22,25,28-29H2,(H,68,70,71). The number of pyridine rings is 2. The van der Waals surface area contributed by atoms with Gasteiger partial charge in [-0.05, 0) is 103 Å². The van der Waals surface area contributed by atoms with Crippen molar-refractivity contribution in [1.82, 2.24) is 29.9 Å². The Morgan fingerprint density at radius 1 is 0.533 bits per heavy atom. The third-order valence-corrected chi connectivity index (χ3v) is 11.7. The Kier molecular flexibility index (Phi) is 14.2. The van der Waals surface area contributed by atoms with Gasteiger partial charge in [0.15, 0.2) is 0 Å². The van der Waals surface area contributed by atoms with Gasteiger partial charge in [0.05, 0.1) is 64.3 Å². The van der Waals surface area contributed by atoms with E-state index in [-0.39, 0.29) is 87.2 Å². The summed E-state index contributed by atoms with van der Waals surface area (Å²) in [6.45, 7) is 0.182. The molecule has 0 bridgehead atoms. The number of fused-ring (bicyclic) bond motifs is 2. The summed E-state index contributed by atoms with van der Waals surface area (Å²) in [5.74, 6) is -0.415. The van der Waals surface area contributed by atoms with Crippen LogP contribution in [0.2, 0.25) is 0 Å². The Hall–Kier alpha value is -8.24. The van der Waals surface area contributed by atoms with Gasteiger partial charge in [0, 0.05) is 52.1 Å². The number of aliphatic hydroxyl groups is 1. The fourth-order valence-electron chi connectivity index (χ4n) is 8.15. The van der Waals surface area contributed by atoms with Gasteiger partial charge in [0.1, 0.15) is 29.5 Å². The van der Waals surface area contributed by atoms with Crippen LogP contribution in [0.1, 0.15) is 39.5 Å². The molecule has 4 heterocycles. The van der Waals surface area contributed by atoms with Crippen molar-refractivity contribution in [2.45, 2.75) is 50.4 Å². The van der Waals surface area contributed by atoms with Crippen LogP contribution in [-0.4, -0.2) is 47.8 Å². The lowest BCUT2D eigenvalue weighted by Gasteiger charge is -2.30. The van der Waals surface area contributed by atoms with E-state index in [9.17, 15) is 57.8 Å². The van der Waals surface area contributed by atoms with Crippen LogP contribution < -0.4 is 10.2 Å². The van der Waals surface area contributed by atoms with E-state index in [1.807, 2.05) is 30.3 Å². The number of rotatable bonds is 14. The number of hydrogen-bond donors (Lipinski definition) is 2. The second kappa shape index (κ2) is 20.6. The molecule has 1 atom stereocenters. The summed E-state index contributed by atoms with van der Waals surface area (Å²) < 4.78 is 174.